The monoisotopic (exact) mass is 547 g/mol. The lowest BCUT2D eigenvalue weighted by atomic mass is 10.1. The Morgan fingerprint density at radius 1 is 0.462 bits per heavy atom. The summed E-state index contributed by atoms with van der Waals surface area (Å²) in [5, 5.41) is 6.99. The first kappa shape index (κ1) is 35.4. The van der Waals surface area contributed by atoms with E-state index in [0.29, 0.717) is 24.0 Å². The minimum atomic E-state index is 0.331. The van der Waals surface area contributed by atoms with Crippen molar-refractivity contribution in [1.29, 1.82) is 0 Å². The molecule has 0 spiro atoms. The predicted molar refractivity (Wildman–Crippen MR) is 173 cm³/mol. The highest BCUT2D eigenvalue weighted by Gasteiger charge is 2.19. The highest BCUT2D eigenvalue weighted by molar-refractivity contribution is 5.44. The van der Waals surface area contributed by atoms with Crippen LogP contribution in [0.4, 0.5) is 17.8 Å². The number of anilines is 3. The Hall–Kier alpha value is -1.59. The van der Waals surface area contributed by atoms with Gasteiger partial charge in [0.15, 0.2) is 0 Å². The molecule has 0 aromatic carbocycles. The van der Waals surface area contributed by atoms with Gasteiger partial charge >= 0.3 is 0 Å². The van der Waals surface area contributed by atoms with Crippen LogP contribution < -0.4 is 15.5 Å². The van der Waals surface area contributed by atoms with Gasteiger partial charge in [-0.1, -0.05) is 129 Å². The van der Waals surface area contributed by atoms with Gasteiger partial charge in [0, 0.05) is 25.2 Å². The number of nitrogens with zero attached hydrogens (tertiary/aromatic N) is 4. The second-order valence-corrected chi connectivity index (χ2v) is 12.1. The molecule has 0 fully saturated rings. The van der Waals surface area contributed by atoms with Crippen molar-refractivity contribution in [2.45, 2.75) is 182 Å². The molecule has 0 bridgehead atoms. The molecular weight excluding hydrogens is 480 g/mol. The fourth-order valence-electron chi connectivity index (χ4n) is 5.32. The lowest BCUT2D eigenvalue weighted by molar-refractivity contribution is 0.559. The van der Waals surface area contributed by atoms with Crippen molar-refractivity contribution < 1.29 is 0 Å². The maximum absolute atomic E-state index is 4.82. The molecule has 0 aliphatic rings. The van der Waals surface area contributed by atoms with E-state index in [4.69, 9.17) is 15.0 Å². The molecule has 6 nitrogen and oxygen atoms in total. The Balaban J connectivity index is 2.44. The largest absolute Gasteiger partial charge is 0.354 e. The van der Waals surface area contributed by atoms with Crippen LogP contribution in [-0.2, 0) is 0 Å². The van der Waals surface area contributed by atoms with Crippen molar-refractivity contribution in [1.82, 2.24) is 15.0 Å². The quantitative estimate of drug-likeness (QED) is 0.107. The van der Waals surface area contributed by atoms with E-state index < -0.39 is 0 Å². The first-order valence-corrected chi connectivity index (χ1v) is 17.0. The van der Waals surface area contributed by atoms with Crippen LogP contribution >= 0.6 is 0 Å². The molecular formula is C33H66N6. The molecule has 0 radical (unpaired) electrons. The zero-order valence-corrected chi connectivity index (χ0v) is 27.0. The molecule has 0 saturated carbocycles. The Bertz CT molecular complexity index is 626. The van der Waals surface area contributed by atoms with Crippen LogP contribution in [0, 0.1) is 0 Å². The molecule has 39 heavy (non-hydrogen) atoms. The average molecular weight is 547 g/mol. The summed E-state index contributed by atoms with van der Waals surface area (Å²) in [4.78, 5) is 16.6. The molecule has 0 aliphatic heterocycles. The Morgan fingerprint density at radius 2 is 0.769 bits per heavy atom. The zero-order chi connectivity index (χ0) is 28.6. The number of hydrogen-bond donors (Lipinski definition) is 2. The summed E-state index contributed by atoms with van der Waals surface area (Å²) in [5.74, 6) is 2.17. The highest BCUT2D eigenvalue weighted by Crippen LogP contribution is 2.19. The SMILES string of the molecule is CCCCCCCCCCCCNc1nc(NCCCCCCCCCCCC)nc(N(C(C)C)C(C)C)n1. The number of aromatic nitrogens is 3. The van der Waals surface area contributed by atoms with E-state index >= 15 is 0 Å². The third-order valence-corrected chi connectivity index (χ3v) is 7.59. The van der Waals surface area contributed by atoms with Gasteiger partial charge in [-0.25, -0.2) is 0 Å². The third-order valence-electron chi connectivity index (χ3n) is 7.59. The van der Waals surface area contributed by atoms with Gasteiger partial charge in [0.2, 0.25) is 17.8 Å². The van der Waals surface area contributed by atoms with E-state index in [1.54, 1.807) is 0 Å². The topological polar surface area (TPSA) is 66.0 Å². The van der Waals surface area contributed by atoms with Crippen LogP contribution in [0.1, 0.15) is 170 Å². The highest BCUT2D eigenvalue weighted by atomic mass is 15.3. The van der Waals surface area contributed by atoms with Crippen LogP contribution in [0.2, 0.25) is 0 Å². The molecule has 6 heteroatoms. The van der Waals surface area contributed by atoms with Gasteiger partial charge in [-0.3, -0.25) is 0 Å². The zero-order valence-electron chi connectivity index (χ0n) is 27.0. The summed E-state index contributed by atoms with van der Waals surface area (Å²) < 4.78 is 0. The average Bonchev–Trinajstić information content (AvgIpc) is 2.90. The summed E-state index contributed by atoms with van der Waals surface area (Å²) in [6.45, 7) is 15.2. The van der Waals surface area contributed by atoms with Crippen molar-refractivity contribution in [3.05, 3.63) is 0 Å². The first-order chi connectivity index (χ1) is 19.0. The molecule has 228 valence electrons. The summed E-state index contributed by atoms with van der Waals surface area (Å²) in [5.41, 5.74) is 0. The first-order valence-electron chi connectivity index (χ1n) is 17.0. The molecule has 0 saturated heterocycles. The minimum Gasteiger partial charge on any atom is -0.354 e. The molecule has 1 aromatic heterocycles. The van der Waals surface area contributed by atoms with Gasteiger partial charge in [0.1, 0.15) is 0 Å². The fourth-order valence-corrected chi connectivity index (χ4v) is 5.32. The minimum absolute atomic E-state index is 0.331. The molecule has 0 atom stereocenters. The molecule has 1 aromatic rings. The molecule has 1 rings (SSSR count). The van der Waals surface area contributed by atoms with E-state index in [-0.39, 0.29) is 0 Å². The summed E-state index contributed by atoms with van der Waals surface area (Å²) in [6, 6.07) is 0.661. The Kier molecular flexibility index (Phi) is 22.0. The van der Waals surface area contributed by atoms with Crippen molar-refractivity contribution in [2.24, 2.45) is 0 Å². The van der Waals surface area contributed by atoms with Gasteiger partial charge in [-0.2, -0.15) is 15.0 Å². The molecule has 0 aliphatic carbocycles. The fraction of sp³-hybridized carbons (Fsp3) is 0.909. The smallest absolute Gasteiger partial charge is 0.232 e. The van der Waals surface area contributed by atoms with Gasteiger partial charge in [-0.05, 0) is 40.5 Å². The van der Waals surface area contributed by atoms with E-state index in [1.165, 1.54) is 116 Å². The Morgan fingerprint density at radius 3 is 1.08 bits per heavy atom. The number of nitrogens with one attached hydrogen (secondary N) is 2. The standard InChI is InChI=1S/C33H66N6/c1-7-9-11-13-15-17-19-21-23-25-27-34-31-36-32(38-33(37-31)39(29(3)4)30(5)6)35-28-26-24-22-20-18-16-14-12-10-8-2/h29-30H,7-28H2,1-6H3,(H2,34,35,36,37,38). The van der Waals surface area contributed by atoms with Crippen LogP contribution in [0.25, 0.3) is 0 Å². The summed E-state index contributed by atoms with van der Waals surface area (Å²) >= 11 is 0. The van der Waals surface area contributed by atoms with Crippen LogP contribution in [0.5, 0.6) is 0 Å². The van der Waals surface area contributed by atoms with Crippen molar-refractivity contribution in [2.75, 3.05) is 28.6 Å². The van der Waals surface area contributed by atoms with Crippen LogP contribution in [0.3, 0.4) is 0 Å². The van der Waals surface area contributed by atoms with E-state index in [2.05, 4.69) is 57.1 Å². The third kappa shape index (κ3) is 18.4. The van der Waals surface area contributed by atoms with Crippen LogP contribution in [-0.4, -0.2) is 40.1 Å². The van der Waals surface area contributed by atoms with E-state index in [0.717, 1.165) is 31.9 Å². The molecule has 0 unspecified atom stereocenters. The van der Waals surface area contributed by atoms with Gasteiger partial charge < -0.3 is 15.5 Å². The second-order valence-electron chi connectivity index (χ2n) is 12.1. The number of unbranched alkanes of at least 4 members (excludes halogenated alkanes) is 18. The number of hydrogen-bond acceptors (Lipinski definition) is 6. The Labute approximate surface area is 243 Å². The molecule has 2 N–H and O–H groups in total. The predicted octanol–water partition coefficient (Wildman–Crippen LogP) is 10.2. The van der Waals surface area contributed by atoms with Crippen LogP contribution in [0.15, 0.2) is 0 Å². The van der Waals surface area contributed by atoms with Gasteiger partial charge in [0.05, 0.1) is 0 Å². The lowest BCUT2D eigenvalue weighted by Crippen LogP contribution is -2.38. The van der Waals surface area contributed by atoms with Gasteiger partial charge in [-0.15, -0.1) is 0 Å². The summed E-state index contributed by atoms with van der Waals surface area (Å²) in [6.07, 6.45) is 27.0. The number of rotatable bonds is 27. The van der Waals surface area contributed by atoms with Crippen molar-refractivity contribution in [3.8, 4) is 0 Å². The van der Waals surface area contributed by atoms with Crippen molar-refractivity contribution >= 4 is 17.8 Å². The molecule has 0 amide bonds. The normalized spacial score (nSPS) is 11.5. The van der Waals surface area contributed by atoms with E-state index in [1.807, 2.05) is 0 Å². The van der Waals surface area contributed by atoms with Gasteiger partial charge in [0.25, 0.3) is 0 Å². The maximum Gasteiger partial charge on any atom is 0.232 e. The maximum atomic E-state index is 4.82. The summed E-state index contributed by atoms with van der Waals surface area (Å²) in [7, 11) is 0. The molecule has 1 heterocycles. The van der Waals surface area contributed by atoms with Crippen molar-refractivity contribution in [3.63, 3.8) is 0 Å². The lowest BCUT2D eigenvalue weighted by Gasteiger charge is -2.31. The van der Waals surface area contributed by atoms with E-state index in [9.17, 15) is 0 Å². The second kappa shape index (κ2) is 24.2.